The van der Waals surface area contributed by atoms with Crippen LogP contribution in [0.25, 0.3) is 0 Å². The van der Waals surface area contributed by atoms with Crippen molar-refractivity contribution in [2.75, 3.05) is 0 Å². The van der Waals surface area contributed by atoms with E-state index in [1.54, 1.807) is 0 Å². The molecule has 0 unspecified atom stereocenters. The minimum atomic E-state index is 1.24. The molecule has 0 saturated carbocycles. The van der Waals surface area contributed by atoms with Crippen molar-refractivity contribution in [2.24, 2.45) is 0 Å². The molecule has 2 heteroatoms. The van der Waals surface area contributed by atoms with Gasteiger partial charge in [-0.05, 0) is 32.3 Å². The van der Waals surface area contributed by atoms with Gasteiger partial charge >= 0.3 is 0 Å². The topological polar surface area (TPSA) is 40.5 Å². The molecule has 0 aliphatic rings. The summed E-state index contributed by atoms with van der Waals surface area (Å²) in [6.45, 7) is 6.58. The van der Waals surface area contributed by atoms with E-state index in [0.717, 1.165) is 0 Å². The van der Waals surface area contributed by atoms with Crippen LogP contribution in [-0.4, -0.2) is 10.5 Å². The number of benzene rings is 1. The lowest BCUT2D eigenvalue weighted by atomic mass is 10.0. The maximum atomic E-state index is 6.00. The molecule has 0 bridgehead atoms. The Balaban J connectivity index is 0.000000791. The highest BCUT2D eigenvalue weighted by atomic mass is 17.0. The van der Waals surface area contributed by atoms with Crippen LogP contribution in [0.15, 0.2) is 18.2 Å². The fourth-order valence-corrected chi connectivity index (χ4v) is 1.59. The maximum Gasteiger partial charge on any atom is -0.0279 e. The zero-order valence-electron chi connectivity index (χ0n) is 9.25. The van der Waals surface area contributed by atoms with Crippen LogP contribution >= 0.6 is 0 Å². The summed E-state index contributed by atoms with van der Waals surface area (Å²) in [5.74, 6) is 0. The quantitative estimate of drug-likeness (QED) is 0.572. The van der Waals surface area contributed by atoms with Gasteiger partial charge in [-0.15, -0.1) is 0 Å². The molecule has 0 radical (unpaired) electrons. The first-order valence-electron chi connectivity index (χ1n) is 4.99. The SMILES string of the molecule is CCCCc1cc(C)cc(C)c1.OO. The standard InChI is InChI=1S/C12H18.H2O2/c1-4-5-6-12-8-10(2)7-11(3)9-12;1-2/h7-9H,4-6H2,1-3H3;1-2H. The fourth-order valence-electron chi connectivity index (χ4n) is 1.59. The zero-order chi connectivity index (χ0) is 11.0. The molecular weight excluding hydrogens is 176 g/mol. The molecule has 80 valence electrons. The summed E-state index contributed by atoms with van der Waals surface area (Å²) in [5, 5.41) is 12.0. The number of rotatable bonds is 3. The molecule has 0 saturated heterocycles. The van der Waals surface area contributed by atoms with Gasteiger partial charge in [0.05, 0.1) is 0 Å². The van der Waals surface area contributed by atoms with Crippen molar-refractivity contribution in [1.29, 1.82) is 0 Å². The van der Waals surface area contributed by atoms with E-state index in [2.05, 4.69) is 39.0 Å². The third kappa shape index (κ3) is 5.00. The maximum absolute atomic E-state index is 6.00. The van der Waals surface area contributed by atoms with Crippen LogP contribution in [0.2, 0.25) is 0 Å². The Kier molecular flexibility index (Phi) is 7.07. The molecule has 1 rings (SSSR count). The van der Waals surface area contributed by atoms with Gasteiger partial charge in [0.1, 0.15) is 0 Å². The summed E-state index contributed by atoms with van der Waals surface area (Å²) < 4.78 is 0. The van der Waals surface area contributed by atoms with Crippen LogP contribution in [0.4, 0.5) is 0 Å². The minimum absolute atomic E-state index is 1.24. The van der Waals surface area contributed by atoms with Gasteiger partial charge in [-0.1, -0.05) is 42.7 Å². The molecule has 0 spiro atoms. The second-order valence-electron chi connectivity index (χ2n) is 3.60. The smallest absolute Gasteiger partial charge is 0.0279 e. The van der Waals surface area contributed by atoms with Crippen molar-refractivity contribution >= 4 is 0 Å². The van der Waals surface area contributed by atoms with Crippen molar-refractivity contribution in [3.63, 3.8) is 0 Å². The Hall–Kier alpha value is -0.860. The van der Waals surface area contributed by atoms with Crippen molar-refractivity contribution < 1.29 is 10.5 Å². The number of hydrogen-bond acceptors (Lipinski definition) is 2. The van der Waals surface area contributed by atoms with Gasteiger partial charge in [-0.2, -0.15) is 0 Å². The largest absolute Gasteiger partial charge is 0.255 e. The fraction of sp³-hybridized carbons (Fsp3) is 0.500. The number of unbranched alkanes of at least 4 members (excludes halogenated alkanes) is 1. The van der Waals surface area contributed by atoms with E-state index in [4.69, 9.17) is 10.5 Å². The number of aryl methyl sites for hydroxylation is 3. The molecule has 0 amide bonds. The lowest BCUT2D eigenvalue weighted by Crippen LogP contribution is -1.87. The first kappa shape index (κ1) is 13.1. The highest BCUT2D eigenvalue weighted by Crippen LogP contribution is 2.11. The molecule has 2 nitrogen and oxygen atoms in total. The van der Waals surface area contributed by atoms with E-state index in [1.807, 2.05) is 0 Å². The second-order valence-corrected chi connectivity index (χ2v) is 3.60. The van der Waals surface area contributed by atoms with Crippen LogP contribution in [-0.2, 0) is 6.42 Å². The average molecular weight is 196 g/mol. The van der Waals surface area contributed by atoms with E-state index in [1.165, 1.54) is 36.0 Å². The molecule has 14 heavy (non-hydrogen) atoms. The van der Waals surface area contributed by atoms with Gasteiger partial charge in [0.15, 0.2) is 0 Å². The highest BCUT2D eigenvalue weighted by Gasteiger charge is 1.94. The summed E-state index contributed by atoms with van der Waals surface area (Å²) in [4.78, 5) is 0. The van der Waals surface area contributed by atoms with Crippen molar-refractivity contribution in [3.8, 4) is 0 Å². The van der Waals surface area contributed by atoms with E-state index in [-0.39, 0.29) is 0 Å². The second kappa shape index (κ2) is 7.54. The van der Waals surface area contributed by atoms with Crippen molar-refractivity contribution in [1.82, 2.24) is 0 Å². The Morgan fingerprint density at radius 3 is 1.93 bits per heavy atom. The average Bonchev–Trinajstić information content (AvgIpc) is 2.16. The van der Waals surface area contributed by atoms with Crippen LogP contribution in [0, 0.1) is 13.8 Å². The molecule has 0 fully saturated rings. The van der Waals surface area contributed by atoms with E-state index in [0.29, 0.717) is 0 Å². The first-order chi connectivity index (χ1) is 6.72. The Morgan fingerprint density at radius 2 is 1.50 bits per heavy atom. The molecular formula is C12H20O2. The summed E-state index contributed by atoms with van der Waals surface area (Å²) in [5.41, 5.74) is 4.27. The van der Waals surface area contributed by atoms with Crippen LogP contribution in [0.1, 0.15) is 36.5 Å². The molecule has 2 N–H and O–H groups in total. The Morgan fingerprint density at radius 1 is 1.00 bits per heavy atom. The van der Waals surface area contributed by atoms with Crippen molar-refractivity contribution in [3.05, 3.63) is 34.9 Å². The van der Waals surface area contributed by atoms with Gasteiger partial charge in [0, 0.05) is 0 Å². The van der Waals surface area contributed by atoms with Gasteiger partial charge in [0.2, 0.25) is 0 Å². The molecule has 0 aliphatic carbocycles. The van der Waals surface area contributed by atoms with Crippen LogP contribution in [0.5, 0.6) is 0 Å². The van der Waals surface area contributed by atoms with Gasteiger partial charge in [0.25, 0.3) is 0 Å². The molecule has 1 aromatic rings. The van der Waals surface area contributed by atoms with Gasteiger partial charge < -0.3 is 0 Å². The molecule has 0 atom stereocenters. The summed E-state index contributed by atoms with van der Waals surface area (Å²) >= 11 is 0. The first-order valence-corrected chi connectivity index (χ1v) is 4.99. The third-order valence-corrected chi connectivity index (χ3v) is 2.10. The Bertz CT molecular complexity index is 236. The van der Waals surface area contributed by atoms with E-state index >= 15 is 0 Å². The Labute approximate surface area is 86.1 Å². The zero-order valence-corrected chi connectivity index (χ0v) is 9.25. The van der Waals surface area contributed by atoms with E-state index in [9.17, 15) is 0 Å². The summed E-state index contributed by atoms with van der Waals surface area (Å²) in [7, 11) is 0. The third-order valence-electron chi connectivity index (χ3n) is 2.10. The predicted octanol–water partition coefficient (Wildman–Crippen LogP) is 3.66. The minimum Gasteiger partial charge on any atom is -0.255 e. The lowest BCUT2D eigenvalue weighted by molar-refractivity contribution is -0.176. The highest BCUT2D eigenvalue weighted by molar-refractivity contribution is 5.28. The normalized spacial score (nSPS) is 9.21. The monoisotopic (exact) mass is 196 g/mol. The van der Waals surface area contributed by atoms with Gasteiger partial charge in [-0.25, -0.2) is 0 Å². The predicted molar refractivity (Wildman–Crippen MR) is 59.8 cm³/mol. The summed E-state index contributed by atoms with van der Waals surface area (Å²) in [6.07, 6.45) is 3.83. The summed E-state index contributed by atoms with van der Waals surface area (Å²) in [6, 6.07) is 6.82. The lowest BCUT2D eigenvalue weighted by Gasteiger charge is -2.03. The van der Waals surface area contributed by atoms with Crippen molar-refractivity contribution in [2.45, 2.75) is 40.0 Å². The molecule has 0 aliphatic heterocycles. The molecule has 1 aromatic carbocycles. The van der Waals surface area contributed by atoms with Crippen LogP contribution in [0.3, 0.4) is 0 Å². The van der Waals surface area contributed by atoms with Gasteiger partial charge in [-0.3, -0.25) is 10.5 Å². The van der Waals surface area contributed by atoms with E-state index < -0.39 is 0 Å². The molecule has 0 aromatic heterocycles. The molecule has 0 heterocycles. The number of hydrogen-bond donors (Lipinski definition) is 2. The van der Waals surface area contributed by atoms with Crippen LogP contribution < -0.4 is 0 Å².